The molecule has 0 aliphatic rings. The molecule has 0 saturated carbocycles. The van der Waals surface area contributed by atoms with Crippen molar-refractivity contribution in [1.82, 2.24) is 0 Å². The molecule has 1 aromatic rings. The summed E-state index contributed by atoms with van der Waals surface area (Å²) in [4.78, 5) is 20.3. The van der Waals surface area contributed by atoms with Crippen LogP contribution in [0.25, 0.3) is 0 Å². The van der Waals surface area contributed by atoms with Crippen molar-refractivity contribution in [3.05, 3.63) is 35.4 Å². The fraction of sp³-hybridized carbons (Fsp3) is 0.200. The Labute approximate surface area is 72.2 Å². The normalized spacial score (nSPS) is 7.83. The van der Waals surface area contributed by atoms with Crippen LogP contribution in [0, 0.1) is 0 Å². The summed E-state index contributed by atoms with van der Waals surface area (Å²) in [6.45, 7) is 4.00. The molecule has 0 spiro atoms. The van der Waals surface area contributed by atoms with Crippen LogP contribution < -0.4 is 0 Å². The Morgan fingerprint density at radius 3 is 1.75 bits per heavy atom. The predicted octanol–water partition coefficient (Wildman–Crippen LogP) is 2.34. The topological polar surface area (TPSA) is 34.1 Å². The number of rotatable bonds is 2. The molecule has 2 heteroatoms. The lowest BCUT2D eigenvalue weighted by molar-refractivity contribution is 0.112. The highest BCUT2D eigenvalue weighted by Crippen LogP contribution is 1.99. The zero-order valence-electron chi connectivity index (χ0n) is 7.28. The molecule has 12 heavy (non-hydrogen) atoms. The van der Waals surface area contributed by atoms with Crippen molar-refractivity contribution >= 4 is 12.6 Å². The first-order valence-electron chi connectivity index (χ1n) is 3.87. The second-order valence-electron chi connectivity index (χ2n) is 1.91. The van der Waals surface area contributed by atoms with E-state index in [0.717, 1.165) is 0 Å². The van der Waals surface area contributed by atoms with Gasteiger partial charge in [0.2, 0.25) is 0 Å². The summed E-state index contributed by atoms with van der Waals surface area (Å²) >= 11 is 0. The molecule has 0 heterocycles. The van der Waals surface area contributed by atoms with Gasteiger partial charge in [0.25, 0.3) is 0 Å². The van der Waals surface area contributed by atoms with Crippen LogP contribution in [0.2, 0.25) is 0 Å². The molecule has 64 valence electrons. The number of carbonyl (C=O) groups is 2. The minimum Gasteiger partial charge on any atom is -0.298 e. The van der Waals surface area contributed by atoms with Crippen LogP contribution in [0.4, 0.5) is 0 Å². The Morgan fingerprint density at radius 1 is 1.00 bits per heavy atom. The van der Waals surface area contributed by atoms with Gasteiger partial charge in [0.15, 0.2) is 0 Å². The zero-order chi connectivity index (χ0) is 9.40. The molecule has 0 N–H and O–H groups in total. The van der Waals surface area contributed by atoms with Crippen molar-refractivity contribution in [2.24, 2.45) is 0 Å². The lowest BCUT2D eigenvalue weighted by atomic mass is 10.2. The van der Waals surface area contributed by atoms with Gasteiger partial charge >= 0.3 is 0 Å². The fourth-order valence-electron chi connectivity index (χ4n) is 0.706. The molecule has 1 aromatic carbocycles. The Bertz CT molecular complexity index is 231. The summed E-state index contributed by atoms with van der Waals surface area (Å²) in [5.41, 5.74) is 1.06. The Morgan fingerprint density at radius 2 is 1.42 bits per heavy atom. The van der Waals surface area contributed by atoms with E-state index in [4.69, 9.17) is 0 Å². The van der Waals surface area contributed by atoms with Gasteiger partial charge in [-0.1, -0.05) is 32.0 Å². The Kier molecular flexibility index (Phi) is 5.53. The largest absolute Gasteiger partial charge is 0.298 e. The van der Waals surface area contributed by atoms with Crippen molar-refractivity contribution in [3.8, 4) is 0 Å². The third-order valence-corrected chi connectivity index (χ3v) is 1.18. The summed E-state index contributed by atoms with van der Waals surface area (Å²) in [6.07, 6.45) is 1.43. The summed E-state index contributed by atoms with van der Waals surface area (Å²) in [5.74, 6) is 0. The molecule has 0 saturated heterocycles. The van der Waals surface area contributed by atoms with E-state index in [1.165, 1.54) is 0 Å². The van der Waals surface area contributed by atoms with Gasteiger partial charge in [0.1, 0.15) is 12.6 Å². The number of benzene rings is 1. The molecule has 0 unspecified atom stereocenters. The monoisotopic (exact) mass is 164 g/mol. The molecule has 0 aliphatic carbocycles. The molecule has 0 aliphatic heterocycles. The van der Waals surface area contributed by atoms with Gasteiger partial charge in [-0.25, -0.2) is 0 Å². The quantitative estimate of drug-likeness (QED) is 0.629. The maximum absolute atomic E-state index is 10.2. The van der Waals surface area contributed by atoms with E-state index in [0.29, 0.717) is 23.7 Å². The molecule has 0 atom stereocenters. The lowest BCUT2D eigenvalue weighted by Gasteiger charge is -1.89. The molecular weight excluding hydrogens is 152 g/mol. The highest BCUT2D eigenvalue weighted by molar-refractivity contribution is 5.81. The van der Waals surface area contributed by atoms with Crippen molar-refractivity contribution in [3.63, 3.8) is 0 Å². The summed E-state index contributed by atoms with van der Waals surface area (Å²) in [7, 11) is 0. The standard InChI is InChI=1S/C8H6O2.C2H6/c9-5-7-2-1-3-8(4-7)6-10;1-2/h1-6H;1-2H3. The van der Waals surface area contributed by atoms with Crippen LogP contribution in [0.1, 0.15) is 34.6 Å². The fourth-order valence-corrected chi connectivity index (χ4v) is 0.706. The molecule has 0 bridgehead atoms. The molecule has 1 rings (SSSR count). The summed E-state index contributed by atoms with van der Waals surface area (Å²) < 4.78 is 0. The third-order valence-electron chi connectivity index (χ3n) is 1.18. The smallest absolute Gasteiger partial charge is 0.150 e. The predicted molar refractivity (Wildman–Crippen MR) is 48.6 cm³/mol. The van der Waals surface area contributed by atoms with E-state index >= 15 is 0 Å². The van der Waals surface area contributed by atoms with E-state index in [1.54, 1.807) is 24.3 Å². The number of hydrogen-bond donors (Lipinski definition) is 0. The first-order valence-corrected chi connectivity index (χ1v) is 3.87. The van der Waals surface area contributed by atoms with E-state index < -0.39 is 0 Å². The van der Waals surface area contributed by atoms with Gasteiger partial charge in [0, 0.05) is 11.1 Å². The van der Waals surface area contributed by atoms with Gasteiger partial charge in [-0.3, -0.25) is 9.59 Å². The molecular formula is C10H12O2. The van der Waals surface area contributed by atoms with Crippen LogP contribution >= 0.6 is 0 Å². The number of aldehydes is 2. The van der Waals surface area contributed by atoms with Crippen LogP contribution in [0.3, 0.4) is 0 Å². The maximum Gasteiger partial charge on any atom is 0.150 e. The van der Waals surface area contributed by atoms with E-state index in [-0.39, 0.29) is 0 Å². The highest BCUT2D eigenvalue weighted by atomic mass is 16.1. The average molecular weight is 164 g/mol. The van der Waals surface area contributed by atoms with Crippen molar-refractivity contribution < 1.29 is 9.59 Å². The van der Waals surface area contributed by atoms with Crippen LogP contribution in [-0.2, 0) is 0 Å². The minimum atomic E-state index is 0.532. The summed E-state index contributed by atoms with van der Waals surface area (Å²) in [6, 6.07) is 6.52. The van der Waals surface area contributed by atoms with Crippen molar-refractivity contribution in [2.75, 3.05) is 0 Å². The van der Waals surface area contributed by atoms with E-state index in [9.17, 15) is 9.59 Å². The maximum atomic E-state index is 10.2. The second-order valence-corrected chi connectivity index (χ2v) is 1.91. The minimum absolute atomic E-state index is 0.532. The van der Waals surface area contributed by atoms with Crippen molar-refractivity contribution in [2.45, 2.75) is 13.8 Å². The third kappa shape index (κ3) is 3.10. The Hall–Kier alpha value is -1.44. The van der Waals surface area contributed by atoms with Gasteiger partial charge in [0.05, 0.1) is 0 Å². The molecule has 0 fully saturated rings. The van der Waals surface area contributed by atoms with Gasteiger partial charge in [-0.05, 0) is 6.07 Å². The average Bonchev–Trinajstić information content (AvgIpc) is 2.21. The van der Waals surface area contributed by atoms with Crippen molar-refractivity contribution in [1.29, 1.82) is 0 Å². The Balaban J connectivity index is 0.000000561. The van der Waals surface area contributed by atoms with Gasteiger partial charge in [-0.15, -0.1) is 0 Å². The van der Waals surface area contributed by atoms with Crippen LogP contribution in [-0.4, -0.2) is 12.6 Å². The number of hydrogen-bond acceptors (Lipinski definition) is 2. The molecule has 0 amide bonds. The first-order chi connectivity index (χ1) is 5.86. The highest BCUT2D eigenvalue weighted by Gasteiger charge is 1.90. The van der Waals surface area contributed by atoms with Crippen LogP contribution in [0.15, 0.2) is 24.3 Å². The SMILES string of the molecule is CC.O=Cc1cccc(C=O)c1. The first kappa shape index (κ1) is 10.6. The van der Waals surface area contributed by atoms with Gasteiger partial charge < -0.3 is 0 Å². The molecule has 0 radical (unpaired) electrons. The number of carbonyl (C=O) groups excluding carboxylic acids is 2. The van der Waals surface area contributed by atoms with E-state index in [2.05, 4.69) is 0 Å². The van der Waals surface area contributed by atoms with E-state index in [1.807, 2.05) is 13.8 Å². The van der Waals surface area contributed by atoms with Crippen LogP contribution in [0.5, 0.6) is 0 Å². The molecule has 2 nitrogen and oxygen atoms in total. The lowest BCUT2D eigenvalue weighted by Crippen LogP contribution is -1.82. The van der Waals surface area contributed by atoms with Gasteiger partial charge in [-0.2, -0.15) is 0 Å². The molecule has 0 aromatic heterocycles. The summed E-state index contributed by atoms with van der Waals surface area (Å²) in [5, 5.41) is 0. The zero-order valence-corrected chi connectivity index (χ0v) is 7.28. The second kappa shape index (κ2) is 6.28.